The van der Waals surface area contributed by atoms with Crippen molar-refractivity contribution in [2.45, 2.75) is 6.42 Å². The Hall–Kier alpha value is -1.10. The summed E-state index contributed by atoms with van der Waals surface area (Å²) in [5, 5.41) is 0. The fraction of sp³-hybridized carbons (Fsp3) is 0.833. The number of rotatable bonds is 1. The van der Waals surface area contributed by atoms with Gasteiger partial charge in [0.05, 0.1) is 18.4 Å². The summed E-state index contributed by atoms with van der Waals surface area (Å²) in [7, 11) is 1.84. The molecule has 3 saturated heterocycles. The highest BCUT2D eigenvalue weighted by molar-refractivity contribution is 5.85. The van der Waals surface area contributed by atoms with E-state index in [0.717, 1.165) is 19.5 Å². The Morgan fingerprint density at radius 1 is 1.35 bits per heavy atom. The Morgan fingerprint density at radius 2 is 2.18 bits per heavy atom. The summed E-state index contributed by atoms with van der Waals surface area (Å²) >= 11 is 0. The predicted molar refractivity (Wildman–Crippen MR) is 60.1 cm³/mol. The molecule has 3 heterocycles. The van der Waals surface area contributed by atoms with Crippen LogP contribution in [0.5, 0.6) is 0 Å². The number of likely N-dealkylation sites (tertiary alicyclic amines) is 2. The van der Waals surface area contributed by atoms with Crippen LogP contribution in [0.3, 0.4) is 0 Å². The summed E-state index contributed by atoms with van der Waals surface area (Å²) in [6, 6.07) is 0. The van der Waals surface area contributed by atoms with E-state index in [9.17, 15) is 9.59 Å². The molecule has 0 unspecified atom stereocenters. The maximum atomic E-state index is 12.2. The third kappa shape index (κ3) is 1.73. The molecule has 3 atom stereocenters. The van der Waals surface area contributed by atoms with Gasteiger partial charge in [0.2, 0.25) is 11.8 Å². The SMILES string of the molecule is CN1C[C@@H]2CN(C(=O)[C@H]3CCOC3)C[C@@H]2C1=O. The molecule has 3 rings (SSSR count). The lowest BCUT2D eigenvalue weighted by Gasteiger charge is -2.21. The van der Waals surface area contributed by atoms with Crippen molar-refractivity contribution in [3.63, 3.8) is 0 Å². The minimum atomic E-state index is 0.0293. The lowest BCUT2D eigenvalue weighted by molar-refractivity contribution is -0.135. The zero-order valence-electron chi connectivity index (χ0n) is 10.1. The monoisotopic (exact) mass is 238 g/mol. The first-order valence-corrected chi connectivity index (χ1v) is 6.28. The van der Waals surface area contributed by atoms with E-state index in [2.05, 4.69) is 0 Å². The summed E-state index contributed by atoms with van der Waals surface area (Å²) < 4.78 is 5.25. The van der Waals surface area contributed by atoms with Gasteiger partial charge in [-0.1, -0.05) is 0 Å². The number of amides is 2. The van der Waals surface area contributed by atoms with Crippen LogP contribution in [0.25, 0.3) is 0 Å². The van der Waals surface area contributed by atoms with Gasteiger partial charge in [-0.3, -0.25) is 9.59 Å². The molecule has 0 aliphatic carbocycles. The topological polar surface area (TPSA) is 49.9 Å². The van der Waals surface area contributed by atoms with E-state index in [-0.39, 0.29) is 23.7 Å². The molecule has 0 saturated carbocycles. The number of ether oxygens (including phenoxy) is 1. The van der Waals surface area contributed by atoms with Crippen molar-refractivity contribution in [3.8, 4) is 0 Å². The van der Waals surface area contributed by atoms with Gasteiger partial charge in [0.1, 0.15) is 0 Å². The summed E-state index contributed by atoms with van der Waals surface area (Å²) in [6.07, 6.45) is 0.832. The van der Waals surface area contributed by atoms with Gasteiger partial charge in [-0.2, -0.15) is 0 Å². The molecule has 0 spiro atoms. The van der Waals surface area contributed by atoms with Crippen LogP contribution in [-0.2, 0) is 14.3 Å². The van der Waals surface area contributed by atoms with E-state index in [1.54, 1.807) is 4.90 Å². The third-order valence-corrected chi connectivity index (χ3v) is 4.23. The van der Waals surface area contributed by atoms with Crippen LogP contribution in [0.1, 0.15) is 6.42 Å². The quantitative estimate of drug-likeness (QED) is 0.623. The fourth-order valence-corrected chi connectivity index (χ4v) is 3.23. The van der Waals surface area contributed by atoms with Crippen molar-refractivity contribution in [1.82, 2.24) is 9.80 Å². The minimum absolute atomic E-state index is 0.0293. The Labute approximate surface area is 101 Å². The zero-order chi connectivity index (χ0) is 12.0. The second-order valence-corrected chi connectivity index (χ2v) is 5.39. The smallest absolute Gasteiger partial charge is 0.228 e. The van der Waals surface area contributed by atoms with Crippen molar-refractivity contribution in [3.05, 3.63) is 0 Å². The second-order valence-electron chi connectivity index (χ2n) is 5.39. The van der Waals surface area contributed by atoms with Gasteiger partial charge in [-0.05, 0) is 6.42 Å². The van der Waals surface area contributed by atoms with Gasteiger partial charge in [0.25, 0.3) is 0 Å². The Balaban J connectivity index is 1.65. The van der Waals surface area contributed by atoms with E-state index in [4.69, 9.17) is 4.74 Å². The standard InChI is InChI=1S/C12H18N2O3/c1-13-4-9-5-14(6-10(9)12(13)16)11(15)8-2-3-17-7-8/h8-10H,2-7H2,1H3/t8-,9+,10-/m0/s1. The van der Waals surface area contributed by atoms with Crippen LogP contribution >= 0.6 is 0 Å². The normalized spacial score (nSPS) is 36.8. The van der Waals surface area contributed by atoms with Crippen molar-refractivity contribution in [1.29, 1.82) is 0 Å². The number of carbonyl (C=O) groups excluding carboxylic acids is 2. The van der Waals surface area contributed by atoms with Crippen LogP contribution in [0.4, 0.5) is 0 Å². The van der Waals surface area contributed by atoms with Crippen LogP contribution in [-0.4, -0.2) is 61.5 Å². The van der Waals surface area contributed by atoms with Gasteiger partial charge in [0.15, 0.2) is 0 Å². The highest BCUT2D eigenvalue weighted by Crippen LogP contribution is 2.32. The molecule has 2 amide bonds. The molecule has 0 bridgehead atoms. The minimum Gasteiger partial charge on any atom is -0.381 e. The number of carbonyl (C=O) groups is 2. The first-order valence-electron chi connectivity index (χ1n) is 6.28. The van der Waals surface area contributed by atoms with Crippen molar-refractivity contribution in [2.24, 2.45) is 17.8 Å². The summed E-state index contributed by atoms with van der Waals surface area (Å²) in [5.41, 5.74) is 0. The molecular weight excluding hydrogens is 220 g/mol. The van der Waals surface area contributed by atoms with Crippen LogP contribution in [0.2, 0.25) is 0 Å². The van der Waals surface area contributed by atoms with E-state index >= 15 is 0 Å². The first kappa shape index (κ1) is 11.0. The van der Waals surface area contributed by atoms with Gasteiger partial charge >= 0.3 is 0 Å². The molecular formula is C12H18N2O3. The molecule has 17 heavy (non-hydrogen) atoms. The molecule has 3 fully saturated rings. The number of fused-ring (bicyclic) bond motifs is 1. The van der Waals surface area contributed by atoms with E-state index in [1.807, 2.05) is 11.9 Å². The van der Waals surface area contributed by atoms with Gasteiger partial charge < -0.3 is 14.5 Å². The van der Waals surface area contributed by atoms with Gasteiger partial charge in [0, 0.05) is 39.2 Å². The predicted octanol–water partition coefficient (Wildman–Crippen LogP) is -0.430. The average Bonchev–Trinajstić information content (AvgIpc) is 2.99. The Kier molecular flexibility index (Phi) is 2.58. The van der Waals surface area contributed by atoms with E-state index in [1.165, 1.54) is 0 Å². The van der Waals surface area contributed by atoms with Crippen LogP contribution < -0.4 is 0 Å². The molecule has 0 aromatic rings. The summed E-state index contributed by atoms with van der Waals surface area (Å²) in [4.78, 5) is 27.7. The second kappa shape index (κ2) is 3.98. The van der Waals surface area contributed by atoms with E-state index in [0.29, 0.717) is 25.7 Å². The first-order chi connectivity index (χ1) is 8.16. The molecule has 5 nitrogen and oxygen atoms in total. The highest BCUT2D eigenvalue weighted by Gasteiger charge is 2.47. The largest absolute Gasteiger partial charge is 0.381 e. The van der Waals surface area contributed by atoms with Gasteiger partial charge in [-0.25, -0.2) is 0 Å². The Morgan fingerprint density at radius 3 is 2.82 bits per heavy atom. The molecule has 94 valence electrons. The molecule has 0 radical (unpaired) electrons. The molecule has 0 N–H and O–H groups in total. The van der Waals surface area contributed by atoms with Crippen molar-refractivity contribution < 1.29 is 14.3 Å². The summed E-state index contributed by atoms with van der Waals surface area (Å²) in [6.45, 7) is 3.41. The van der Waals surface area contributed by atoms with Crippen molar-refractivity contribution >= 4 is 11.8 Å². The summed E-state index contributed by atoms with van der Waals surface area (Å²) in [5.74, 6) is 0.812. The average molecular weight is 238 g/mol. The third-order valence-electron chi connectivity index (χ3n) is 4.23. The highest BCUT2D eigenvalue weighted by atomic mass is 16.5. The number of hydrogen-bond donors (Lipinski definition) is 0. The zero-order valence-corrected chi connectivity index (χ0v) is 10.1. The lowest BCUT2D eigenvalue weighted by Crippen LogP contribution is -2.37. The molecule has 5 heteroatoms. The molecule has 3 aliphatic heterocycles. The lowest BCUT2D eigenvalue weighted by atomic mass is 10.0. The number of nitrogens with zero attached hydrogens (tertiary/aromatic N) is 2. The fourth-order valence-electron chi connectivity index (χ4n) is 3.23. The molecule has 0 aromatic carbocycles. The maximum absolute atomic E-state index is 12.2. The maximum Gasteiger partial charge on any atom is 0.228 e. The van der Waals surface area contributed by atoms with Crippen LogP contribution in [0, 0.1) is 17.8 Å². The molecule has 0 aromatic heterocycles. The van der Waals surface area contributed by atoms with Crippen molar-refractivity contribution in [2.75, 3.05) is 39.9 Å². The van der Waals surface area contributed by atoms with Crippen LogP contribution in [0.15, 0.2) is 0 Å². The molecule has 3 aliphatic rings. The van der Waals surface area contributed by atoms with E-state index < -0.39 is 0 Å². The number of hydrogen-bond acceptors (Lipinski definition) is 3. The Bertz CT molecular complexity index is 352. The van der Waals surface area contributed by atoms with Gasteiger partial charge in [-0.15, -0.1) is 0 Å².